The first-order chi connectivity index (χ1) is 6.88. The molecule has 0 aliphatic rings. The van der Waals surface area contributed by atoms with E-state index in [0.717, 1.165) is 0 Å². The molecule has 0 heterocycles. The Kier molecular flexibility index (Phi) is 3.40. The highest BCUT2D eigenvalue weighted by molar-refractivity contribution is 6.34. The minimum Gasteiger partial charge on any atom is -0.496 e. The van der Waals surface area contributed by atoms with Crippen LogP contribution in [-0.4, -0.2) is 12.9 Å². The molecule has 1 aromatic carbocycles. The highest BCUT2D eigenvalue weighted by Crippen LogP contribution is 2.32. The lowest BCUT2D eigenvalue weighted by Crippen LogP contribution is -2.21. The maximum atomic E-state index is 12.1. The van der Waals surface area contributed by atoms with Crippen molar-refractivity contribution in [2.45, 2.75) is 20.8 Å². The van der Waals surface area contributed by atoms with Crippen molar-refractivity contribution >= 4 is 17.4 Å². The van der Waals surface area contributed by atoms with Crippen molar-refractivity contribution in [3.63, 3.8) is 0 Å². The molecule has 1 rings (SSSR count). The molecular formula is C12H15ClO2. The summed E-state index contributed by atoms with van der Waals surface area (Å²) >= 11 is 6.01. The summed E-state index contributed by atoms with van der Waals surface area (Å²) in [6, 6.07) is 5.20. The summed E-state index contributed by atoms with van der Waals surface area (Å²) in [4.78, 5) is 12.1. The number of methoxy groups -OCH3 is 1. The van der Waals surface area contributed by atoms with Crippen LogP contribution in [0.4, 0.5) is 0 Å². The van der Waals surface area contributed by atoms with Crippen LogP contribution < -0.4 is 4.74 Å². The molecule has 2 nitrogen and oxygen atoms in total. The molecule has 0 N–H and O–H groups in total. The van der Waals surface area contributed by atoms with E-state index in [0.29, 0.717) is 16.3 Å². The monoisotopic (exact) mass is 226 g/mol. The predicted octanol–water partition coefficient (Wildman–Crippen LogP) is 3.58. The third-order valence-electron chi connectivity index (χ3n) is 2.10. The van der Waals surface area contributed by atoms with Crippen LogP contribution in [-0.2, 0) is 0 Å². The Labute approximate surface area is 95.2 Å². The molecule has 0 radical (unpaired) electrons. The normalized spacial score (nSPS) is 11.3. The fraction of sp³-hybridized carbons (Fsp3) is 0.417. The van der Waals surface area contributed by atoms with Gasteiger partial charge in [0.15, 0.2) is 5.78 Å². The fourth-order valence-electron chi connectivity index (χ4n) is 1.27. The molecule has 0 aliphatic carbocycles. The molecule has 0 saturated carbocycles. The highest BCUT2D eigenvalue weighted by Gasteiger charge is 2.27. The van der Waals surface area contributed by atoms with E-state index in [1.54, 1.807) is 18.2 Å². The summed E-state index contributed by atoms with van der Waals surface area (Å²) in [6.45, 7) is 5.58. The summed E-state index contributed by atoms with van der Waals surface area (Å²) in [5, 5.41) is 0.439. The minimum absolute atomic E-state index is 0.00931. The molecule has 0 saturated heterocycles. The zero-order valence-corrected chi connectivity index (χ0v) is 10.2. The second-order valence-electron chi connectivity index (χ2n) is 4.40. The quantitative estimate of drug-likeness (QED) is 0.721. The van der Waals surface area contributed by atoms with E-state index >= 15 is 0 Å². The van der Waals surface area contributed by atoms with Crippen molar-refractivity contribution < 1.29 is 9.53 Å². The summed E-state index contributed by atoms with van der Waals surface area (Å²) in [5.74, 6) is 0.521. The molecule has 0 unspecified atom stereocenters. The van der Waals surface area contributed by atoms with Crippen molar-refractivity contribution in [1.29, 1.82) is 0 Å². The number of hydrogen-bond acceptors (Lipinski definition) is 2. The lowest BCUT2D eigenvalue weighted by atomic mass is 9.86. The highest BCUT2D eigenvalue weighted by atomic mass is 35.5. The van der Waals surface area contributed by atoms with Crippen molar-refractivity contribution in [3.8, 4) is 5.75 Å². The zero-order valence-electron chi connectivity index (χ0n) is 9.43. The van der Waals surface area contributed by atoms with Crippen LogP contribution in [0.25, 0.3) is 0 Å². The third-order valence-corrected chi connectivity index (χ3v) is 2.42. The van der Waals surface area contributed by atoms with Crippen LogP contribution in [0.1, 0.15) is 31.1 Å². The minimum atomic E-state index is -0.460. The Morgan fingerprint density at radius 3 is 2.40 bits per heavy atom. The fourth-order valence-corrected chi connectivity index (χ4v) is 1.52. The van der Waals surface area contributed by atoms with Gasteiger partial charge in [0.2, 0.25) is 0 Å². The van der Waals surface area contributed by atoms with Crippen molar-refractivity contribution in [2.75, 3.05) is 7.11 Å². The Balaban J connectivity index is 3.30. The Bertz CT molecular complexity index is 378. The first-order valence-corrected chi connectivity index (χ1v) is 5.13. The largest absolute Gasteiger partial charge is 0.496 e. The first-order valence-electron chi connectivity index (χ1n) is 4.75. The van der Waals surface area contributed by atoms with E-state index in [-0.39, 0.29) is 5.78 Å². The maximum absolute atomic E-state index is 12.1. The van der Waals surface area contributed by atoms with Gasteiger partial charge in [0.1, 0.15) is 5.75 Å². The Hall–Kier alpha value is -1.02. The lowest BCUT2D eigenvalue weighted by molar-refractivity contribution is 0.0855. The van der Waals surface area contributed by atoms with Gasteiger partial charge in [-0.2, -0.15) is 0 Å². The van der Waals surface area contributed by atoms with Gasteiger partial charge in [0.05, 0.1) is 17.7 Å². The SMILES string of the molecule is COc1cccc(Cl)c1C(=O)C(C)(C)C. The molecule has 1 aromatic rings. The van der Waals surface area contributed by atoms with Gasteiger partial charge in [-0.15, -0.1) is 0 Å². The number of Topliss-reactive ketones (excluding diaryl/α,β-unsaturated/α-hetero) is 1. The van der Waals surface area contributed by atoms with Crippen molar-refractivity contribution in [2.24, 2.45) is 5.41 Å². The molecule has 0 atom stereocenters. The third kappa shape index (κ3) is 2.51. The van der Waals surface area contributed by atoms with E-state index in [1.165, 1.54) is 7.11 Å². The van der Waals surface area contributed by atoms with E-state index in [9.17, 15) is 4.79 Å². The van der Waals surface area contributed by atoms with Gasteiger partial charge in [-0.1, -0.05) is 38.4 Å². The standard InChI is InChI=1S/C12H15ClO2/c1-12(2,3)11(14)10-8(13)6-5-7-9(10)15-4/h5-7H,1-4H3. The number of rotatable bonds is 2. The molecular weight excluding hydrogens is 212 g/mol. The average molecular weight is 227 g/mol. The first kappa shape index (κ1) is 12.1. The molecule has 0 spiro atoms. The molecule has 0 aliphatic heterocycles. The van der Waals surface area contributed by atoms with Crippen LogP contribution in [0.3, 0.4) is 0 Å². The predicted molar refractivity (Wildman–Crippen MR) is 61.8 cm³/mol. The number of carbonyl (C=O) groups excluding carboxylic acids is 1. The van der Waals surface area contributed by atoms with Gasteiger partial charge in [-0.3, -0.25) is 4.79 Å². The van der Waals surface area contributed by atoms with Crippen LogP contribution >= 0.6 is 11.6 Å². The second-order valence-corrected chi connectivity index (χ2v) is 4.80. The Morgan fingerprint density at radius 1 is 1.33 bits per heavy atom. The van der Waals surface area contributed by atoms with E-state index in [2.05, 4.69) is 0 Å². The Morgan fingerprint density at radius 2 is 1.93 bits per heavy atom. The van der Waals surface area contributed by atoms with Gasteiger partial charge < -0.3 is 4.74 Å². The summed E-state index contributed by atoms with van der Waals surface area (Å²) < 4.78 is 5.14. The lowest BCUT2D eigenvalue weighted by Gasteiger charge is -2.19. The summed E-state index contributed by atoms with van der Waals surface area (Å²) in [6.07, 6.45) is 0. The van der Waals surface area contributed by atoms with Crippen molar-refractivity contribution in [3.05, 3.63) is 28.8 Å². The number of carbonyl (C=O) groups is 1. The molecule has 0 fully saturated rings. The van der Waals surface area contributed by atoms with Crippen LogP contribution in [0.2, 0.25) is 5.02 Å². The molecule has 82 valence electrons. The number of halogens is 1. The van der Waals surface area contributed by atoms with Gasteiger partial charge in [0.25, 0.3) is 0 Å². The molecule has 3 heteroatoms. The smallest absolute Gasteiger partial charge is 0.173 e. The topological polar surface area (TPSA) is 26.3 Å². The molecule has 0 aromatic heterocycles. The maximum Gasteiger partial charge on any atom is 0.173 e. The number of ether oxygens (including phenoxy) is 1. The number of hydrogen-bond donors (Lipinski definition) is 0. The van der Waals surface area contributed by atoms with Gasteiger partial charge in [0, 0.05) is 5.41 Å². The van der Waals surface area contributed by atoms with Gasteiger partial charge >= 0.3 is 0 Å². The van der Waals surface area contributed by atoms with Gasteiger partial charge in [-0.05, 0) is 12.1 Å². The van der Waals surface area contributed by atoms with Crippen LogP contribution in [0.15, 0.2) is 18.2 Å². The van der Waals surface area contributed by atoms with Gasteiger partial charge in [-0.25, -0.2) is 0 Å². The summed E-state index contributed by atoms with van der Waals surface area (Å²) in [5.41, 5.74) is 0.00677. The van der Waals surface area contributed by atoms with E-state index in [1.807, 2.05) is 20.8 Å². The average Bonchev–Trinajstić information content (AvgIpc) is 2.15. The number of ketones is 1. The van der Waals surface area contributed by atoms with Crippen LogP contribution in [0, 0.1) is 5.41 Å². The van der Waals surface area contributed by atoms with E-state index < -0.39 is 5.41 Å². The van der Waals surface area contributed by atoms with Crippen LogP contribution in [0.5, 0.6) is 5.75 Å². The second kappa shape index (κ2) is 4.23. The zero-order chi connectivity index (χ0) is 11.6. The number of benzene rings is 1. The molecule has 15 heavy (non-hydrogen) atoms. The molecule has 0 amide bonds. The van der Waals surface area contributed by atoms with E-state index in [4.69, 9.17) is 16.3 Å². The van der Waals surface area contributed by atoms with Crippen molar-refractivity contribution in [1.82, 2.24) is 0 Å². The summed E-state index contributed by atoms with van der Waals surface area (Å²) in [7, 11) is 1.53. The molecule has 0 bridgehead atoms.